The van der Waals surface area contributed by atoms with Gasteiger partial charge in [0.1, 0.15) is 0 Å². The Bertz CT molecular complexity index is 468. The van der Waals surface area contributed by atoms with E-state index in [1.165, 1.54) is 22.8 Å². The number of hydrogen-bond acceptors (Lipinski definition) is 1. The van der Waals surface area contributed by atoms with Crippen LogP contribution in [-0.4, -0.2) is 11.1 Å². The van der Waals surface area contributed by atoms with Gasteiger partial charge in [0.2, 0.25) is 0 Å². The fourth-order valence-corrected chi connectivity index (χ4v) is 2.19. The number of aliphatic carboxylic acids is 1. The third kappa shape index (κ3) is 3.19. The second-order valence-electron chi connectivity index (χ2n) is 4.94. The van der Waals surface area contributed by atoms with Gasteiger partial charge in [0.25, 0.3) is 0 Å². The number of carbonyl (C=O) groups is 1. The molecule has 90 valence electrons. The molecule has 0 aromatic heterocycles. The molecule has 1 aliphatic carbocycles. The summed E-state index contributed by atoms with van der Waals surface area (Å²) < 4.78 is 0. The van der Waals surface area contributed by atoms with E-state index in [1.54, 1.807) is 0 Å². The highest BCUT2D eigenvalue weighted by Gasteiger charge is 2.26. The Kier molecular flexibility index (Phi) is 3.32. The molecule has 1 aliphatic rings. The molecule has 0 amide bonds. The SMILES string of the molecule is Cc1ccc(C/C(=C/C(=O)O)C2CC2)c(C)c1. The minimum Gasteiger partial charge on any atom is -0.478 e. The number of hydrogen-bond donors (Lipinski definition) is 1. The predicted octanol–water partition coefficient (Wildman–Crippen LogP) is 3.27. The van der Waals surface area contributed by atoms with Crippen molar-refractivity contribution in [1.29, 1.82) is 0 Å². The zero-order valence-electron chi connectivity index (χ0n) is 10.4. The fourth-order valence-electron chi connectivity index (χ4n) is 2.19. The number of rotatable bonds is 4. The third-order valence-corrected chi connectivity index (χ3v) is 3.30. The summed E-state index contributed by atoms with van der Waals surface area (Å²) in [5, 5.41) is 8.88. The van der Waals surface area contributed by atoms with Crippen LogP contribution in [0.15, 0.2) is 29.8 Å². The Morgan fingerprint density at radius 2 is 2.12 bits per heavy atom. The largest absolute Gasteiger partial charge is 0.478 e. The molecule has 0 heterocycles. The van der Waals surface area contributed by atoms with Gasteiger partial charge < -0.3 is 5.11 Å². The maximum Gasteiger partial charge on any atom is 0.328 e. The van der Waals surface area contributed by atoms with Crippen molar-refractivity contribution in [1.82, 2.24) is 0 Å². The molecule has 0 aliphatic heterocycles. The Balaban J connectivity index is 2.20. The van der Waals surface area contributed by atoms with Crippen LogP contribution in [0.3, 0.4) is 0 Å². The van der Waals surface area contributed by atoms with E-state index in [4.69, 9.17) is 5.11 Å². The average molecular weight is 230 g/mol. The van der Waals surface area contributed by atoms with E-state index in [1.807, 2.05) is 0 Å². The van der Waals surface area contributed by atoms with Crippen LogP contribution in [0.1, 0.15) is 29.5 Å². The van der Waals surface area contributed by atoms with E-state index >= 15 is 0 Å². The first kappa shape index (κ1) is 11.9. The highest BCUT2D eigenvalue weighted by Crippen LogP contribution is 2.38. The highest BCUT2D eigenvalue weighted by molar-refractivity contribution is 5.81. The monoisotopic (exact) mass is 230 g/mol. The van der Waals surface area contributed by atoms with Crippen molar-refractivity contribution in [3.63, 3.8) is 0 Å². The summed E-state index contributed by atoms with van der Waals surface area (Å²) in [6.45, 7) is 4.17. The van der Waals surface area contributed by atoms with Crippen LogP contribution in [0.5, 0.6) is 0 Å². The Hall–Kier alpha value is -1.57. The molecule has 1 aromatic rings. The van der Waals surface area contributed by atoms with E-state index in [2.05, 4.69) is 32.0 Å². The van der Waals surface area contributed by atoms with Gasteiger partial charge in [0, 0.05) is 6.08 Å². The Labute approximate surface area is 102 Å². The Morgan fingerprint density at radius 3 is 2.65 bits per heavy atom. The van der Waals surface area contributed by atoms with E-state index in [9.17, 15) is 4.79 Å². The molecule has 0 atom stereocenters. The number of aryl methyl sites for hydroxylation is 2. The topological polar surface area (TPSA) is 37.3 Å². The average Bonchev–Trinajstić information content (AvgIpc) is 3.03. The van der Waals surface area contributed by atoms with Crippen LogP contribution >= 0.6 is 0 Å². The molecule has 0 radical (unpaired) electrons. The summed E-state index contributed by atoms with van der Waals surface area (Å²) in [6, 6.07) is 6.36. The van der Waals surface area contributed by atoms with Crippen molar-refractivity contribution in [3.8, 4) is 0 Å². The number of carboxylic acids is 1. The zero-order valence-corrected chi connectivity index (χ0v) is 10.4. The van der Waals surface area contributed by atoms with Gasteiger partial charge in [-0.15, -0.1) is 0 Å². The van der Waals surface area contributed by atoms with Crippen LogP contribution in [0.25, 0.3) is 0 Å². The van der Waals surface area contributed by atoms with Crippen LogP contribution in [-0.2, 0) is 11.2 Å². The van der Waals surface area contributed by atoms with Crippen molar-refractivity contribution < 1.29 is 9.90 Å². The van der Waals surface area contributed by atoms with Crippen molar-refractivity contribution in [2.75, 3.05) is 0 Å². The number of allylic oxidation sites excluding steroid dienone is 1. The Morgan fingerprint density at radius 1 is 1.41 bits per heavy atom. The molecule has 1 fully saturated rings. The van der Waals surface area contributed by atoms with Gasteiger partial charge in [-0.3, -0.25) is 0 Å². The first-order chi connectivity index (χ1) is 8.06. The molecule has 17 heavy (non-hydrogen) atoms. The van der Waals surface area contributed by atoms with Crippen molar-refractivity contribution in [2.45, 2.75) is 33.1 Å². The quantitative estimate of drug-likeness (QED) is 0.806. The number of carboxylic acid groups (broad SMARTS) is 1. The van der Waals surface area contributed by atoms with Gasteiger partial charge in [-0.1, -0.05) is 29.3 Å². The van der Waals surface area contributed by atoms with Gasteiger partial charge in [-0.25, -0.2) is 4.79 Å². The minimum atomic E-state index is -0.823. The zero-order chi connectivity index (χ0) is 12.4. The second-order valence-corrected chi connectivity index (χ2v) is 4.94. The summed E-state index contributed by atoms with van der Waals surface area (Å²) in [6.07, 6.45) is 4.47. The van der Waals surface area contributed by atoms with Crippen LogP contribution in [0.2, 0.25) is 0 Å². The van der Waals surface area contributed by atoms with Gasteiger partial charge >= 0.3 is 5.97 Å². The molecular weight excluding hydrogens is 212 g/mol. The van der Waals surface area contributed by atoms with Crippen molar-refractivity contribution in [2.24, 2.45) is 5.92 Å². The summed E-state index contributed by atoms with van der Waals surface area (Å²) in [5.74, 6) is -0.316. The van der Waals surface area contributed by atoms with Crippen molar-refractivity contribution in [3.05, 3.63) is 46.5 Å². The van der Waals surface area contributed by atoms with Gasteiger partial charge in [-0.05, 0) is 50.2 Å². The highest BCUT2D eigenvalue weighted by atomic mass is 16.4. The normalized spacial score (nSPS) is 16.0. The molecule has 2 nitrogen and oxygen atoms in total. The van der Waals surface area contributed by atoms with Crippen LogP contribution in [0.4, 0.5) is 0 Å². The molecule has 1 N–H and O–H groups in total. The fraction of sp³-hybridized carbons (Fsp3) is 0.400. The number of benzene rings is 1. The minimum absolute atomic E-state index is 0.506. The van der Waals surface area contributed by atoms with E-state index in [0.29, 0.717) is 5.92 Å². The smallest absolute Gasteiger partial charge is 0.328 e. The summed E-state index contributed by atoms with van der Waals surface area (Å²) >= 11 is 0. The summed E-state index contributed by atoms with van der Waals surface area (Å²) in [4.78, 5) is 10.8. The molecule has 2 heteroatoms. The van der Waals surface area contributed by atoms with E-state index in [0.717, 1.165) is 24.8 Å². The second kappa shape index (κ2) is 4.74. The van der Waals surface area contributed by atoms with E-state index < -0.39 is 5.97 Å². The molecule has 0 spiro atoms. The first-order valence-electron chi connectivity index (χ1n) is 6.06. The van der Waals surface area contributed by atoms with Gasteiger partial charge in [0.15, 0.2) is 0 Å². The van der Waals surface area contributed by atoms with Crippen LogP contribution < -0.4 is 0 Å². The lowest BCUT2D eigenvalue weighted by atomic mass is 9.96. The molecular formula is C15H18O2. The summed E-state index contributed by atoms with van der Waals surface area (Å²) in [7, 11) is 0. The van der Waals surface area contributed by atoms with E-state index in [-0.39, 0.29) is 0 Å². The molecule has 2 rings (SSSR count). The first-order valence-corrected chi connectivity index (χ1v) is 6.06. The molecule has 0 bridgehead atoms. The van der Waals surface area contributed by atoms with Crippen LogP contribution in [0, 0.1) is 19.8 Å². The van der Waals surface area contributed by atoms with Gasteiger partial charge in [0.05, 0.1) is 0 Å². The lowest BCUT2D eigenvalue weighted by Gasteiger charge is -2.09. The molecule has 0 saturated heterocycles. The standard InChI is InChI=1S/C15H18O2/c1-10-3-4-13(11(2)7-10)8-14(9-15(16)17)12-5-6-12/h3-4,7,9,12H,5-6,8H2,1-2H3,(H,16,17)/b14-9-. The maximum absolute atomic E-state index is 10.8. The predicted molar refractivity (Wildman–Crippen MR) is 68.1 cm³/mol. The molecule has 0 unspecified atom stereocenters. The molecule has 1 aromatic carbocycles. The maximum atomic E-state index is 10.8. The summed E-state index contributed by atoms with van der Waals surface area (Å²) in [5.41, 5.74) is 4.82. The lowest BCUT2D eigenvalue weighted by Crippen LogP contribution is -2.00. The molecule has 1 saturated carbocycles. The van der Waals surface area contributed by atoms with Crippen molar-refractivity contribution >= 4 is 5.97 Å². The third-order valence-electron chi connectivity index (χ3n) is 3.30. The lowest BCUT2D eigenvalue weighted by molar-refractivity contribution is -0.131. The van der Waals surface area contributed by atoms with Gasteiger partial charge in [-0.2, -0.15) is 0 Å².